The number of carbonyl (C=O) groups is 1. The van der Waals surface area contributed by atoms with Gasteiger partial charge in [0.25, 0.3) is 17.2 Å². The molecule has 1 N–H and O–H groups in total. The lowest BCUT2D eigenvalue weighted by molar-refractivity contribution is 0.0983. The lowest BCUT2D eigenvalue weighted by Gasteiger charge is -2.20. The molecule has 0 aliphatic heterocycles. The minimum absolute atomic E-state index is 0.141. The Bertz CT molecular complexity index is 1400. The fourth-order valence-corrected chi connectivity index (χ4v) is 3.32. The molecule has 0 fully saturated rings. The number of anilines is 1. The van der Waals surface area contributed by atoms with Crippen molar-refractivity contribution in [2.75, 3.05) is 4.90 Å². The van der Waals surface area contributed by atoms with Gasteiger partial charge in [-0.25, -0.2) is 4.98 Å². The number of amides is 1. The SMILES string of the molecule is Cc1nc2nc(N(Cc3ccc(C#N)cc3)C(=O)c3ccccc3Cl)[nH]n2c(=O)c1C. The Hall–Kier alpha value is -3.96. The fraction of sp³-hybridized carbons (Fsp3) is 0.136. The molecule has 0 spiro atoms. The van der Waals surface area contributed by atoms with Crippen molar-refractivity contribution in [2.45, 2.75) is 20.4 Å². The van der Waals surface area contributed by atoms with E-state index in [9.17, 15) is 9.59 Å². The predicted molar refractivity (Wildman–Crippen MR) is 116 cm³/mol. The molecule has 0 bridgehead atoms. The second-order valence-electron chi connectivity index (χ2n) is 6.99. The molecular formula is C22H17ClN6O2. The normalized spacial score (nSPS) is 10.8. The summed E-state index contributed by atoms with van der Waals surface area (Å²) >= 11 is 6.26. The summed E-state index contributed by atoms with van der Waals surface area (Å²) in [7, 11) is 0. The number of aromatic amines is 1. The zero-order chi connectivity index (χ0) is 22.1. The molecule has 0 aliphatic carbocycles. The number of hydrogen-bond acceptors (Lipinski definition) is 5. The molecule has 0 radical (unpaired) electrons. The number of aryl methyl sites for hydroxylation is 1. The molecule has 8 nitrogen and oxygen atoms in total. The van der Waals surface area contributed by atoms with Crippen LogP contribution in [-0.4, -0.2) is 25.5 Å². The Labute approximate surface area is 182 Å². The van der Waals surface area contributed by atoms with Crippen molar-refractivity contribution in [2.24, 2.45) is 0 Å². The van der Waals surface area contributed by atoms with E-state index in [0.29, 0.717) is 27.4 Å². The van der Waals surface area contributed by atoms with Crippen LogP contribution in [0.1, 0.15) is 32.7 Å². The molecule has 0 saturated carbocycles. The van der Waals surface area contributed by atoms with Crippen LogP contribution in [0.2, 0.25) is 5.02 Å². The molecule has 2 heterocycles. The highest BCUT2D eigenvalue weighted by atomic mass is 35.5. The number of hydrogen-bond donors (Lipinski definition) is 1. The lowest BCUT2D eigenvalue weighted by Crippen LogP contribution is -2.32. The van der Waals surface area contributed by atoms with Crippen LogP contribution in [0, 0.1) is 25.2 Å². The van der Waals surface area contributed by atoms with Crippen LogP contribution in [0.15, 0.2) is 53.3 Å². The molecule has 0 aliphatic rings. The average Bonchev–Trinajstić information content (AvgIpc) is 3.20. The van der Waals surface area contributed by atoms with Gasteiger partial charge in [-0.2, -0.15) is 14.8 Å². The smallest absolute Gasteiger partial charge is 0.272 e. The fourth-order valence-electron chi connectivity index (χ4n) is 3.10. The van der Waals surface area contributed by atoms with Gasteiger partial charge in [0, 0.05) is 11.3 Å². The van der Waals surface area contributed by atoms with E-state index >= 15 is 0 Å². The van der Waals surface area contributed by atoms with E-state index in [0.717, 1.165) is 5.56 Å². The summed E-state index contributed by atoms with van der Waals surface area (Å²) in [4.78, 5) is 36.1. The number of halogens is 1. The van der Waals surface area contributed by atoms with E-state index in [1.807, 2.05) is 0 Å². The van der Waals surface area contributed by atoms with Gasteiger partial charge in [0.1, 0.15) is 0 Å². The Morgan fingerprint density at radius 1 is 1.16 bits per heavy atom. The number of fused-ring (bicyclic) bond motifs is 1. The third kappa shape index (κ3) is 3.79. The summed E-state index contributed by atoms with van der Waals surface area (Å²) in [5, 5.41) is 12.2. The van der Waals surface area contributed by atoms with E-state index in [2.05, 4.69) is 21.1 Å². The van der Waals surface area contributed by atoms with Gasteiger partial charge in [0.15, 0.2) is 0 Å². The highest BCUT2D eigenvalue weighted by molar-refractivity contribution is 6.34. The number of rotatable bonds is 4. The number of aromatic nitrogens is 4. The van der Waals surface area contributed by atoms with Crippen LogP contribution in [0.5, 0.6) is 0 Å². The zero-order valence-electron chi connectivity index (χ0n) is 16.8. The predicted octanol–water partition coefficient (Wildman–Crippen LogP) is 3.41. The summed E-state index contributed by atoms with van der Waals surface area (Å²) in [6.07, 6.45) is 0. The Morgan fingerprint density at radius 2 is 1.87 bits per heavy atom. The average molecular weight is 433 g/mol. The van der Waals surface area contributed by atoms with E-state index in [1.54, 1.807) is 62.4 Å². The maximum atomic E-state index is 13.4. The Morgan fingerprint density at radius 3 is 2.55 bits per heavy atom. The lowest BCUT2D eigenvalue weighted by atomic mass is 10.1. The Kier molecular flexibility index (Phi) is 5.28. The maximum absolute atomic E-state index is 13.4. The van der Waals surface area contributed by atoms with Gasteiger partial charge in [0.05, 0.1) is 28.8 Å². The van der Waals surface area contributed by atoms with E-state index in [1.165, 1.54) is 9.42 Å². The van der Waals surface area contributed by atoms with E-state index in [4.69, 9.17) is 16.9 Å². The zero-order valence-corrected chi connectivity index (χ0v) is 17.5. The second-order valence-corrected chi connectivity index (χ2v) is 7.40. The standard InChI is InChI=1S/C22H17ClN6O2/c1-13-14(2)25-21-26-22(27-29(21)19(13)30)28(12-16-9-7-15(11-24)8-10-16)20(31)17-5-3-4-6-18(17)23/h3-10H,12H2,1-2H3,(H,25,26,27). The van der Waals surface area contributed by atoms with Gasteiger partial charge in [-0.3, -0.25) is 19.6 Å². The largest absolute Gasteiger partial charge is 0.277 e. The minimum atomic E-state index is -0.393. The molecule has 0 saturated heterocycles. The van der Waals surface area contributed by atoms with Crippen molar-refractivity contribution in [1.29, 1.82) is 5.26 Å². The van der Waals surface area contributed by atoms with E-state index in [-0.39, 0.29) is 23.8 Å². The topological polar surface area (TPSA) is 107 Å². The van der Waals surface area contributed by atoms with Crippen molar-refractivity contribution in [3.8, 4) is 6.07 Å². The molecule has 9 heteroatoms. The number of nitrogens with one attached hydrogen (secondary N) is 1. The van der Waals surface area contributed by atoms with Crippen LogP contribution in [0.3, 0.4) is 0 Å². The summed E-state index contributed by atoms with van der Waals surface area (Å²) < 4.78 is 1.21. The number of nitrogens with zero attached hydrogens (tertiary/aromatic N) is 5. The van der Waals surface area contributed by atoms with Crippen LogP contribution in [-0.2, 0) is 6.54 Å². The quantitative estimate of drug-likeness (QED) is 0.531. The highest BCUT2D eigenvalue weighted by Crippen LogP contribution is 2.22. The summed E-state index contributed by atoms with van der Waals surface area (Å²) in [5.74, 6) is -0.0701. The van der Waals surface area contributed by atoms with Crippen molar-refractivity contribution in [3.63, 3.8) is 0 Å². The summed E-state index contributed by atoms with van der Waals surface area (Å²) in [6, 6.07) is 15.6. The second kappa shape index (κ2) is 8.05. The molecule has 2 aromatic carbocycles. The first-order valence-electron chi connectivity index (χ1n) is 9.40. The maximum Gasteiger partial charge on any atom is 0.277 e. The van der Waals surface area contributed by atoms with Gasteiger partial charge in [0.2, 0.25) is 5.95 Å². The molecular weight excluding hydrogens is 416 g/mol. The first-order valence-corrected chi connectivity index (χ1v) is 9.78. The van der Waals surface area contributed by atoms with Crippen molar-refractivity contribution in [1.82, 2.24) is 19.6 Å². The third-order valence-corrected chi connectivity index (χ3v) is 5.31. The van der Waals surface area contributed by atoms with Gasteiger partial charge in [-0.1, -0.05) is 35.9 Å². The molecule has 0 atom stereocenters. The van der Waals surface area contributed by atoms with Crippen LogP contribution >= 0.6 is 11.6 Å². The number of benzene rings is 2. The number of H-pyrrole nitrogens is 1. The van der Waals surface area contributed by atoms with Crippen molar-refractivity contribution >= 4 is 29.2 Å². The molecule has 4 rings (SSSR count). The number of nitriles is 1. The molecule has 154 valence electrons. The van der Waals surface area contributed by atoms with Crippen molar-refractivity contribution < 1.29 is 4.79 Å². The highest BCUT2D eigenvalue weighted by Gasteiger charge is 2.24. The monoisotopic (exact) mass is 432 g/mol. The molecule has 2 aromatic heterocycles. The molecule has 0 unspecified atom stereocenters. The summed E-state index contributed by atoms with van der Waals surface area (Å²) in [6.45, 7) is 3.55. The van der Waals surface area contributed by atoms with Gasteiger partial charge in [-0.15, -0.1) is 0 Å². The Balaban J connectivity index is 1.83. The van der Waals surface area contributed by atoms with Gasteiger partial charge in [-0.05, 0) is 43.7 Å². The minimum Gasteiger partial charge on any atom is -0.272 e. The van der Waals surface area contributed by atoms with Gasteiger partial charge >= 0.3 is 0 Å². The first kappa shape index (κ1) is 20.3. The van der Waals surface area contributed by atoms with Gasteiger partial charge < -0.3 is 0 Å². The first-order chi connectivity index (χ1) is 14.9. The molecule has 4 aromatic rings. The third-order valence-electron chi connectivity index (χ3n) is 4.98. The molecule has 31 heavy (non-hydrogen) atoms. The van der Waals surface area contributed by atoms with Crippen molar-refractivity contribution in [3.05, 3.63) is 91.9 Å². The van der Waals surface area contributed by atoms with Crippen LogP contribution in [0.25, 0.3) is 5.78 Å². The molecule has 1 amide bonds. The van der Waals surface area contributed by atoms with Crippen LogP contribution in [0.4, 0.5) is 5.95 Å². The number of carbonyl (C=O) groups excluding carboxylic acids is 1. The van der Waals surface area contributed by atoms with E-state index < -0.39 is 5.91 Å². The summed E-state index contributed by atoms with van der Waals surface area (Å²) in [5.41, 5.74) is 2.35. The van der Waals surface area contributed by atoms with Crippen LogP contribution < -0.4 is 10.5 Å².